The first-order valence-electron chi connectivity index (χ1n) is 5.20. The topological polar surface area (TPSA) is 79.4 Å². The second kappa shape index (κ2) is 4.17. The molecule has 17 heavy (non-hydrogen) atoms. The van der Waals surface area contributed by atoms with Crippen molar-refractivity contribution < 1.29 is 0 Å². The predicted molar refractivity (Wildman–Crippen MR) is 63.2 cm³/mol. The predicted octanol–water partition coefficient (Wildman–Crippen LogP) is 1.36. The van der Waals surface area contributed by atoms with Gasteiger partial charge in [0.1, 0.15) is 11.8 Å². The maximum atomic E-state index is 4.29. The van der Waals surface area contributed by atoms with E-state index in [1.807, 2.05) is 12.1 Å². The lowest BCUT2D eigenvalue weighted by atomic mass is 10.3. The van der Waals surface area contributed by atoms with E-state index in [9.17, 15) is 0 Å². The molecule has 0 unspecified atom stereocenters. The number of hydrogen-bond acceptors (Lipinski definition) is 5. The molecule has 0 aromatic carbocycles. The molecule has 2 N–H and O–H groups in total. The molecule has 0 saturated carbocycles. The lowest BCUT2D eigenvalue weighted by Crippen LogP contribution is -2.00. The highest BCUT2D eigenvalue weighted by Gasteiger charge is 2.02. The largest absolute Gasteiger partial charge is 0.352 e. The lowest BCUT2D eigenvalue weighted by Gasteiger charge is -2.01. The van der Waals surface area contributed by atoms with Crippen LogP contribution in [-0.2, 0) is 6.54 Å². The van der Waals surface area contributed by atoms with E-state index in [0.29, 0.717) is 18.1 Å². The van der Waals surface area contributed by atoms with Gasteiger partial charge in [0, 0.05) is 18.9 Å². The smallest absolute Gasteiger partial charge is 0.203 e. The third-order valence-electron chi connectivity index (χ3n) is 2.37. The zero-order valence-electron chi connectivity index (χ0n) is 8.96. The zero-order valence-corrected chi connectivity index (χ0v) is 8.96. The molecular weight excluding hydrogens is 216 g/mol. The summed E-state index contributed by atoms with van der Waals surface area (Å²) in [6, 6.07) is 3.91. The molecule has 0 atom stereocenters. The highest BCUT2D eigenvalue weighted by Crippen LogP contribution is 2.10. The van der Waals surface area contributed by atoms with E-state index < -0.39 is 0 Å². The standard InChI is InChI=1S/C11H10N6/c1-3-12-4-2-8(1)5-14-11-16-9-6-13-7-15-10(9)17-11/h1-4,6-7H,5H2,(H2,13,14,15,16,17). The van der Waals surface area contributed by atoms with Crippen LogP contribution in [0.25, 0.3) is 11.2 Å². The van der Waals surface area contributed by atoms with Crippen molar-refractivity contribution >= 4 is 17.1 Å². The van der Waals surface area contributed by atoms with E-state index >= 15 is 0 Å². The van der Waals surface area contributed by atoms with Gasteiger partial charge >= 0.3 is 0 Å². The number of pyridine rings is 1. The number of rotatable bonds is 3. The van der Waals surface area contributed by atoms with Crippen molar-refractivity contribution in [3.05, 3.63) is 42.6 Å². The van der Waals surface area contributed by atoms with E-state index in [1.54, 1.807) is 18.6 Å². The quantitative estimate of drug-likeness (QED) is 0.705. The molecule has 6 nitrogen and oxygen atoms in total. The van der Waals surface area contributed by atoms with Crippen LogP contribution in [0.5, 0.6) is 0 Å². The van der Waals surface area contributed by atoms with Crippen molar-refractivity contribution in [1.82, 2.24) is 24.9 Å². The number of hydrogen-bond donors (Lipinski definition) is 2. The first-order chi connectivity index (χ1) is 8.42. The summed E-state index contributed by atoms with van der Waals surface area (Å²) < 4.78 is 0. The third-order valence-corrected chi connectivity index (χ3v) is 2.37. The van der Waals surface area contributed by atoms with E-state index in [-0.39, 0.29) is 0 Å². The van der Waals surface area contributed by atoms with E-state index in [4.69, 9.17) is 0 Å². The number of nitrogens with zero attached hydrogens (tertiary/aromatic N) is 4. The van der Waals surface area contributed by atoms with Gasteiger partial charge in [-0.1, -0.05) is 0 Å². The van der Waals surface area contributed by atoms with Crippen LogP contribution in [0.2, 0.25) is 0 Å². The van der Waals surface area contributed by atoms with Gasteiger partial charge in [-0.3, -0.25) is 4.98 Å². The fourth-order valence-corrected chi connectivity index (χ4v) is 1.53. The lowest BCUT2D eigenvalue weighted by molar-refractivity contribution is 1.08. The van der Waals surface area contributed by atoms with Crippen molar-refractivity contribution in [2.75, 3.05) is 5.32 Å². The second-order valence-electron chi connectivity index (χ2n) is 3.55. The minimum Gasteiger partial charge on any atom is -0.352 e. The summed E-state index contributed by atoms with van der Waals surface area (Å²) in [5.41, 5.74) is 2.63. The van der Waals surface area contributed by atoms with Gasteiger partial charge in [0.15, 0.2) is 5.65 Å². The summed E-state index contributed by atoms with van der Waals surface area (Å²) in [6.45, 7) is 0.690. The molecule has 6 heteroatoms. The Morgan fingerprint density at radius 3 is 2.88 bits per heavy atom. The van der Waals surface area contributed by atoms with Gasteiger partial charge in [0.2, 0.25) is 5.95 Å². The number of H-pyrrole nitrogens is 1. The molecule has 3 heterocycles. The number of fused-ring (bicyclic) bond motifs is 1. The summed E-state index contributed by atoms with van der Waals surface area (Å²) in [5, 5.41) is 3.19. The molecule has 0 aliphatic carbocycles. The molecule has 84 valence electrons. The van der Waals surface area contributed by atoms with Crippen LogP contribution in [0.4, 0.5) is 5.95 Å². The SMILES string of the molecule is c1cc(CNc2nc3ncncc3[nH]2)ccn1. The maximum Gasteiger partial charge on any atom is 0.203 e. The average molecular weight is 226 g/mol. The first-order valence-corrected chi connectivity index (χ1v) is 5.20. The van der Waals surface area contributed by atoms with Gasteiger partial charge in [0.25, 0.3) is 0 Å². The number of nitrogens with one attached hydrogen (secondary N) is 2. The zero-order chi connectivity index (χ0) is 11.5. The Morgan fingerprint density at radius 2 is 2.06 bits per heavy atom. The summed E-state index contributed by atoms with van der Waals surface area (Å²) in [6.07, 6.45) is 6.71. The van der Waals surface area contributed by atoms with Crippen LogP contribution in [0.3, 0.4) is 0 Å². The normalized spacial score (nSPS) is 10.6. The number of aromatic nitrogens is 5. The minimum atomic E-state index is 0.664. The van der Waals surface area contributed by atoms with Crippen molar-refractivity contribution in [2.45, 2.75) is 6.54 Å². The van der Waals surface area contributed by atoms with Crippen molar-refractivity contribution in [3.8, 4) is 0 Å². The molecule has 0 fully saturated rings. The molecule has 0 bridgehead atoms. The van der Waals surface area contributed by atoms with Gasteiger partial charge in [-0.25, -0.2) is 9.97 Å². The van der Waals surface area contributed by atoms with Crippen LogP contribution in [0, 0.1) is 0 Å². The maximum absolute atomic E-state index is 4.29. The second-order valence-corrected chi connectivity index (χ2v) is 3.55. The Morgan fingerprint density at radius 1 is 1.18 bits per heavy atom. The van der Waals surface area contributed by atoms with Crippen LogP contribution >= 0.6 is 0 Å². The number of aromatic amines is 1. The number of anilines is 1. The van der Waals surface area contributed by atoms with Crippen molar-refractivity contribution in [2.24, 2.45) is 0 Å². The third kappa shape index (κ3) is 2.05. The molecule has 3 rings (SSSR count). The average Bonchev–Trinajstić information content (AvgIpc) is 2.80. The van der Waals surface area contributed by atoms with Gasteiger partial charge in [-0.2, -0.15) is 4.98 Å². The summed E-state index contributed by atoms with van der Waals surface area (Å²) in [4.78, 5) is 19.3. The van der Waals surface area contributed by atoms with Gasteiger partial charge in [0.05, 0.1) is 6.20 Å². The minimum absolute atomic E-state index is 0.664. The Kier molecular flexibility index (Phi) is 2.38. The molecule has 0 aliphatic rings. The van der Waals surface area contributed by atoms with Crippen LogP contribution in [0.15, 0.2) is 37.1 Å². The Balaban J connectivity index is 1.77. The molecule has 0 saturated heterocycles. The first kappa shape index (κ1) is 9.71. The molecule has 0 radical (unpaired) electrons. The van der Waals surface area contributed by atoms with Crippen molar-refractivity contribution in [1.29, 1.82) is 0 Å². The molecule has 0 aliphatic heterocycles. The monoisotopic (exact) mass is 226 g/mol. The molecule has 3 aromatic rings. The fourth-order valence-electron chi connectivity index (χ4n) is 1.53. The van der Waals surface area contributed by atoms with Crippen LogP contribution in [0.1, 0.15) is 5.56 Å². The summed E-state index contributed by atoms with van der Waals surface area (Å²) in [7, 11) is 0. The van der Waals surface area contributed by atoms with Crippen molar-refractivity contribution in [3.63, 3.8) is 0 Å². The van der Waals surface area contributed by atoms with Gasteiger partial charge in [-0.15, -0.1) is 0 Å². The van der Waals surface area contributed by atoms with Crippen LogP contribution in [-0.4, -0.2) is 24.9 Å². The van der Waals surface area contributed by atoms with E-state index in [1.165, 1.54) is 6.33 Å². The number of imidazole rings is 1. The molecule has 0 amide bonds. The van der Waals surface area contributed by atoms with Crippen LogP contribution < -0.4 is 5.32 Å². The van der Waals surface area contributed by atoms with E-state index in [2.05, 4.69) is 30.2 Å². The summed E-state index contributed by atoms with van der Waals surface area (Å²) >= 11 is 0. The highest BCUT2D eigenvalue weighted by molar-refractivity contribution is 5.71. The van der Waals surface area contributed by atoms with E-state index in [0.717, 1.165) is 11.1 Å². The molecule has 0 spiro atoms. The molecular formula is C11H10N6. The highest BCUT2D eigenvalue weighted by atomic mass is 15.1. The van der Waals surface area contributed by atoms with Gasteiger partial charge in [-0.05, 0) is 17.7 Å². The van der Waals surface area contributed by atoms with Gasteiger partial charge < -0.3 is 10.3 Å². The molecule has 3 aromatic heterocycles. The Bertz CT molecular complexity index is 585. The summed E-state index contributed by atoms with van der Waals surface area (Å²) in [5.74, 6) is 0.692. The fraction of sp³-hybridized carbons (Fsp3) is 0.0909. The Hall–Kier alpha value is -2.50. The Labute approximate surface area is 97.2 Å².